The van der Waals surface area contributed by atoms with Gasteiger partial charge in [-0.25, -0.2) is 4.99 Å². The van der Waals surface area contributed by atoms with Gasteiger partial charge in [0.2, 0.25) is 0 Å². The lowest BCUT2D eigenvalue weighted by Gasteiger charge is -2.27. The van der Waals surface area contributed by atoms with Crippen molar-refractivity contribution < 1.29 is 9.73 Å². The zero-order chi connectivity index (χ0) is 15.6. The number of fused-ring (bicyclic) bond motifs is 2. The summed E-state index contributed by atoms with van der Waals surface area (Å²) in [4.78, 5) is 3.13. The van der Waals surface area contributed by atoms with E-state index in [2.05, 4.69) is 17.1 Å². The van der Waals surface area contributed by atoms with Crippen molar-refractivity contribution >= 4 is 17.6 Å². The van der Waals surface area contributed by atoms with Gasteiger partial charge in [0.05, 0.1) is 24.2 Å². The van der Waals surface area contributed by atoms with Crippen LogP contribution in [0, 0.1) is 33.5 Å². The van der Waals surface area contributed by atoms with Crippen molar-refractivity contribution in [2.24, 2.45) is 16.6 Å². The maximum absolute atomic E-state index is 10.1. The topological polar surface area (TPSA) is 96.8 Å². The van der Waals surface area contributed by atoms with Gasteiger partial charge in [0.15, 0.2) is 10.8 Å². The molecule has 110 valence electrons. The van der Waals surface area contributed by atoms with Crippen molar-refractivity contribution in [1.29, 1.82) is 10.5 Å². The summed E-state index contributed by atoms with van der Waals surface area (Å²) < 4.78 is 5.94. The Morgan fingerprint density at radius 3 is 2.55 bits per heavy atom. The molecule has 4 rings (SSSR count). The normalized spacial score (nSPS) is 45.0. The monoisotopic (exact) mass is 311 g/mol. The van der Waals surface area contributed by atoms with Crippen LogP contribution in [0.5, 0.6) is 0 Å². The molecule has 6 heteroatoms. The molecule has 22 heavy (non-hydrogen) atoms. The molecule has 2 aliphatic heterocycles. The molecule has 1 saturated carbocycles. The summed E-state index contributed by atoms with van der Waals surface area (Å²) in [5.41, 5.74) is 4.37. The predicted molar refractivity (Wildman–Crippen MR) is 81.2 cm³/mol. The maximum atomic E-state index is 10.1. The molecule has 5 nitrogen and oxygen atoms in total. The lowest BCUT2D eigenvalue weighted by molar-refractivity contribution is -0.584. The van der Waals surface area contributed by atoms with E-state index in [-0.39, 0.29) is 0 Å². The van der Waals surface area contributed by atoms with E-state index >= 15 is 0 Å². The minimum absolute atomic E-state index is 0.345. The highest BCUT2D eigenvalue weighted by molar-refractivity contribution is 8.00. The Morgan fingerprint density at radius 2 is 2.00 bits per heavy atom. The zero-order valence-corrected chi connectivity index (χ0v) is 12.9. The number of nitrogens with one attached hydrogen (secondary N) is 1. The first kappa shape index (κ1) is 13.6. The van der Waals surface area contributed by atoms with E-state index in [0.29, 0.717) is 12.4 Å². The molecule has 1 saturated heterocycles. The van der Waals surface area contributed by atoms with Crippen LogP contribution in [0.4, 0.5) is 0 Å². The van der Waals surface area contributed by atoms with Crippen molar-refractivity contribution in [2.75, 3.05) is 12.4 Å². The van der Waals surface area contributed by atoms with Gasteiger partial charge in [0, 0.05) is 5.75 Å². The molecule has 0 aromatic heterocycles. The van der Waals surface area contributed by atoms with Gasteiger partial charge in [-0.05, 0) is 5.56 Å². The first-order chi connectivity index (χ1) is 10.6. The molecule has 1 spiro atoms. The van der Waals surface area contributed by atoms with Crippen LogP contribution in [-0.4, -0.2) is 23.3 Å². The fourth-order valence-electron chi connectivity index (χ4n) is 4.56. The highest BCUT2D eigenvalue weighted by atomic mass is 32.2. The summed E-state index contributed by atoms with van der Waals surface area (Å²) in [6, 6.07) is 14.5. The van der Waals surface area contributed by atoms with Crippen LogP contribution in [0.2, 0.25) is 0 Å². The lowest BCUT2D eigenvalue weighted by atomic mass is 9.85. The van der Waals surface area contributed by atoms with Crippen molar-refractivity contribution in [3.8, 4) is 12.1 Å². The fraction of sp³-hybridized carbons (Fsp3) is 0.438. The Morgan fingerprint density at radius 1 is 1.27 bits per heavy atom. The third-order valence-corrected chi connectivity index (χ3v) is 6.88. The number of nitriles is 2. The number of nitrogens with two attached hydrogens (primary N) is 1. The second kappa shape index (κ2) is 3.84. The first-order valence-electron chi connectivity index (χ1n) is 7.13. The van der Waals surface area contributed by atoms with Crippen LogP contribution in [0.25, 0.3) is 0 Å². The molecule has 3 N–H and O–H groups in total. The number of amidine groups is 1. The summed E-state index contributed by atoms with van der Waals surface area (Å²) in [5, 5.41) is 19.1. The highest BCUT2D eigenvalue weighted by Crippen LogP contribution is 2.83. The van der Waals surface area contributed by atoms with E-state index in [1.807, 2.05) is 37.3 Å². The lowest BCUT2D eigenvalue weighted by Crippen LogP contribution is -2.88. The van der Waals surface area contributed by atoms with Gasteiger partial charge in [-0.15, -0.1) is 0 Å². The van der Waals surface area contributed by atoms with Gasteiger partial charge >= 0.3 is 0 Å². The molecule has 1 aromatic rings. The van der Waals surface area contributed by atoms with E-state index in [1.165, 1.54) is 11.8 Å². The summed E-state index contributed by atoms with van der Waals surface area (Å²) in [6.07, 6.45) is 0. The van der Waals surface area contributed by atoms with Crippen LogP contribution in [0.1, 0.15) is 12.5 Å². The van der Waals surface area contributed by atoms with E-state index in [1.54, 1.807) is 0 Å². The number of hydrogen-bond acceptors (Lipinski definition) is 5. The minimum Gasteiger partial charge on any atom is -0.327 e. The van der Waals surface area contributed by atoms with Crippen molar-refractivity contribution in [1.82, 2.24) is 0 Å². The van der Waals surface area contributed by atoms with Gasteiger partial charge in [-0.1, -0.05) is 49.0 Å². The molecule has 2 fully saturated rings. The van der Waals surface area contributed by atoms with Crippen LogP contribution >= 0.6 is 11.8 Å². The molecule has 1 aliphatic carbocycles. The average Bonchev–Trinajstić information content (AvgIpc) is 2.83. The van der Waals surface area contributed by atoms with Crippen LogP contribution < -0.4 is 10.7 Å². The van der Waals surface area contributed by atoms with Crippen LogP contribution in [0.15, 0.2) is 30.3 Å². The highest BCUT2D eigenvalue weighted by Gasteiger charge is 3.02. The van der Waals surface area contributed by atoms with E-state index in [9.17, 15) is 10.5 Å². The SMILES string of the molecule is C[C@@]1(c2ccccc2)[C@]2(C#N)C(N)=[NH+][C@@]3(OCCS3)[C@@]21C#N. The summed E-state index contributed by atoms with van der Waals surface area (Å²) in [6.45, 7) is 2.49. The molecule has 0 bridgehead atoms. The molecule has 2 heterocycles. The predicted octanol–water partition coefficient (Wildman–Crippen LogP) is -0.154. The van der Waals surface area contributed by atoms with Gasteiger partial charge in [-0.2, -0.15) is 10.5 Å². The van der Waals surface area contributed by atoms with E-state index in [4.69, 9.17) is 10.5 Å². The van der Waals surface area contributed by atoms with E-state index < -0.39 is 21.3 Å². The Kier molecular flexibility index (Phi) is 2.38. The van der Waals surface area contributed by atoms with E-state index in [0.717, 1.165) is 11.3 Å². The molecule has 3 aliphatic rings. The number of benzene rings is 1. The fourth-order valence-corrected chi connectivity index (χ4v) is 5.98. The number of nitrogens with zero attached hydrogens (tertiary/aromatic N) is 2. The summed E-state index contributed by atoms with van der Waals surface area (Å²) >= 11 is 1.53. The standard InChI is InChI=1S/C16H14N4OS/c1-13(11-5-3-2-4-6-11)14(9-17)12(19)20-16(15(13,14)10-18)21-7-8-22-16/h2-6H,7-8H2,1H3,(H2,19,20)/p+1/t13-,14+,15-,16-/m1/s1. The number of hydrogen-bond donors (Lipinski definition) is 2. The third-order valence-electron chi connectivity index (χ3n) is 5.58. The van der Waals surface area contributed by atoms with Gasteiger partial charge in [-0.3, -0.25) is 5.73 Å². The van der Waals surface area contributed by atoms with Crippen LogP contribution in [0.3, 0.4) is 0 Å². The first-order valence-corrected chi connectivity index (χ1v) is 8.12. The molecular formula is C16H15N4OS+. The quantitative estimate of drug-likeness (QED) is 0.751. The molecular weight excluding hydrogens is 296 g/mol. The summed E-state index contributed by atoms with van der Waals surface area (Å²) in [7, 11) is 0. The van der Waals surface area contributed by atoms with Crippen LogP contribution in [-0.2, 0) is 10.2 Å². The number of ether oxygens (including phenoxy) is 1. The van der Waals surface area contributed by atoms with Crippen molar-refractivity contribution in [2.45, 2.75) is 17.4 Å². The van der Waals surface area contributed by atoms with Crippen molar-refractivity contribution in [3.05, 3.63) is 35.9 Å². The molecule has 1 aromatic carbocycles. The molecule has 0 radical (unpaired) electrons. The zero-order valence-electron chi connectivity index (χ0n) is 12.1. The second-order valence-electron chi connectivity index (χ2n) is 6.07. The molecule has 0 amide bonds. The Hall–Kier alpha value is -2.02. The molecule has 4 atom stereocenters. The Bertz CT molecular complexity index is 774. The minimum atomic E-state index is -1.08. The third kappa shape index (κ3) is 1.00. The Labute approximate surface area is 132 Å². The van der Waals surface area contributed by atoms with Crippen molar-refractivity contribution in [3.63, 3.8) is 0 Å². The van der Waals surface area contributed by atoms with Gasteiger partial charge in [0.1, 0.15) is 0 Å². The maximum Gasteiger partial charge on any atom is 0.278 e. The largest absolute Gasteiger partial charge is 0.327 e. The number of thioether (sulfide) groups is 1. The molecule has 0 unspecified atom stereocenters. The van der Waals surface area contributed by atoms with Gasteiger partial charge in [0.25, 0.3) is 10.9 Å². The van der Waals surface area contributed by atoms with Gasteiger partial charge < -0.3 is 4.74 Å². The second-order valence-corrected chi connectivity index (χ2v) is 7.34. The Balaban J connectivity index is 2.03. The summed E-state index contributed by atoms with van der Waals surface area (Å²) in [5.74, 6) is 1.12. The smallest absolute Gasteiger partial charge is 0.278 e. The number of rotatable bonds is 1. The average molecular weight is 311 g/mol.